The first kappa shape index (κ1) is 14.8. The Kier molecular flexibility index (Phi) is 5.35. The number of nitrogens with zero attached hydrogens (tertiary/aromatic N) is 2. The standard InChI is InChI=1S/C15H18BrN3O/c1-3-8-17-14-9-15(19-11(2)18-14)20-10-12-6-4-5-7-13(12)16/h4-7,9H,3,8,10H2,1-2H3,(H,17,18,19). The lowest BCUT2D eigenvalue weighted by Crippen LogP contribution is -2.05. The molecule has 4 nitrogen and oxygen atoms in total. The molecule has 0 spiro atoms. The first-order valence-electron chi connectivity index (χ1n) is 6.65. The maximum absolute atomic E-state index is 5.75. The van der Waals surface area contributed by atoms with Gasteiger partial charge in [-0.3, -0.25) is 0 Å². The number of aromatic nitrogens is 2. The molecule has 0 saturated carbocycles. The Morgan fingerprint density at radius 3 is 2.80 bits per heavy atom. The summed E-state index contributed by atoms with van der Waals surface area (Å²) in [6.45, 7) is 5.35. The van der Waals surface area contributed by atoms with Gasteiger partial charge < -0.3 is 10.1 Å². The van der Waals surface area contributed by atoms with Gasteiger partial charge in [0.15, 0.2) is 0 Å². The van der Waals surface area contributed by atoms with Crippen molar-refractivity contribution >= 4 is 21.7 Å². The molecule has 0 aliphatic carbocycles. The van der Waals surface area contributed by atoms with Crippen LogP contribution in [0.3, 0.4) is 0 Å². The molecule has 0 saturated heterocycles. The zero-order valence-electron chi connectivity index (χ0n) is 11.7. The molecule has 2 aromatic rings. The van der Waals surface area contributed by atoms with Gasteiger partial charge in [-0.25, -0.2) is 4.98 Å². The first-order chi connectivity index (χ1) is 9.69. The number of hydrogen-bond donors (Lipinski definition) is 1. The van der Waals surface area contributed by atoms with E-state index >= 15 is 0 Å². The lowest BCUT2D eigenvalue weighted by atomic mass is 10.2. The Balaban J connectivity index is 2.05. The normalized spacial score (nSPS) is 10.3. The van der Waals surface area contributed by atoms with Gasteiger partial charge in [0.25, 0.3) is 0 Å². The Bertz CT molecular complexity index is 575. The third-order valence-electron chi connectivity index (χ3n) is 2.70. The summed E-state index contributed by atoms with van der Waals surface area (Å²) in [4.78, 5) is 8.63. The van der Waals surface area contributed by atoms with Crippen molar-refractivity contribution in [2.75, 3.05) is 11.9 Å². The van der Waals surface area contributed by atoms with E-state index in [1.165, 1.54) is 0 Å². The van der Waals surface area contributed by atoms with E-state index in [0.29, 0.717) is 18.3 Å². The maximum atomic E-state index is 5.75. The van der Waals surface area contributed by atoms with Crippen LogP contribution in [0.1, 0.15) is 24.7 Å². The summed E-state index contributed by atoms with van der Waals surface area (Å²) >= 11 is 3.51. The lowest BCUT2D eigenvalue weighted by molar-refractivity contribution is 0.292. The molecule has 0 fully saturated rings. The van der Waals surface area contributed by atoms with E-state index < -0.39 is 0 Å². The predicted octanol–water partition coefficient (Wildman–Crippen LogP) is 3.95. The summed E-state index contributed by atoms with van der Waals surface area (Å²) in [6, 6.07) is 9.82. The molecule has 0 unspecified atom stereocenters. The number of hydrogen-bond acceptors (Lipinski definition) is 4. The molecule has 106 valence electrons. The van der Waals surface area contributed by atoms with E-state index in [0.717, 1.165) is 28.8 Å². The maximum Gasteiger partial charge on any atom is 0.219 e. The molecule has 1 aromatic carbocycles. The van der Waals surface area contributed by atoms with Crippen LogP contribution in [-0.4, -0.2) is 16.5 Å². The first-order valence-corrected chi connectivity index (χ1v) is 7.44. The minimum atomic E-state index is 0.477. The van der Waals surface area contributed by atoms with Crippen LogP contribution in [0.15, 0.2) is 34.8 Å². The van der Waals surface area contributed by atoms with Gasteiger partial charge in [-0.15, -0.1) is 0 Å². The summed E-state index contributed by atoms with van der Waals surface area (Å²) < 4.78 is 6.79. The number of ether oxygens (including phenoxy) is 1. The van der Waals surface area contributed by atoms with Crippen LogP contribution in [-0.2, 0) is 6.61 Å². The molecule has 20 heavy (non-hydrogen) atoms. The van der Waals surface area contributed by atoms with Crippen molar-refractivity contribution in [1.29, 1.82) is 0 Å². The van der Waals surface area contributed by atoms with Crippen LogP contribution in [0.25, 0.3) is 0 Å². The van der Waals surface area contributed by atoms with Crippen molar-refractivity contribution < 1.29 is 4.74 Å². The molecule has 5 heteroatoms. The molecule has 2 rings (SSSR count). The molecule has 0 aliphatic heterocycles. The second kappa shape index (κ2) is 7.24. The van der Waals surface area contributed by atoms with Gasteiger partial charge in [0.1, 0.15) is 18.2 Å². The van der Waals surface area contributed by atoms with E-state index in [4.69, 9.17) is 4.74 Å². The van der Waals surface area contributed by atoms with Crippen LogP contribution in [0.5, 0.6) is 5.88 Å². The topological polar surface area (TPSA) is 47.0 Å². The summed E-state index contributed by atoms with van der Waals surface area (Å²) in [5.74, 6) is 2.10. The molecule has 1 N–H and O–H groups in total. The number of aryl methyl sites for hydroxylation is 1. The molecule has 1 heterocycles. The second-order valence-electron chi connectivity index (χ2n) is 4.45. The average molecular weight is 336 g/mol. The van der Waals surface area contributed by atoms with E-state index in [2.05, 4.69) is 38.1 Å². The third kappa shape index (κ3) is 4.20. The second-order valence-corrected chi connectivity index (χ2v) is 5.30. The zero-order chi connectivity index (χ0) is 14.4. The molecule has 0 radical (unpaired) electrons. The molecule has 0 atom stereocenters. The van der Waals surface area contributed by atoms with Crippen molar-refractivity contribution in [3.8, 4) is 5.88 Å². The van der Waals surface area contributed by atoms with Gasteiger partial charge in [0.2, 0.25) is 5.88 Å². The van der Waals surface area contributed by atoms with Crippen molar-refractivity contribution in [3.05, 3.63) is 46.2 Å². The van der Waals surface area contributed by atoms with Gasteiger partial charge in [0, 0.05) is 22.6 Å². The highest BCUT2D eigenvalue weighted by Gasteiger charge is 2.04. The zero-order valence-corrected chi connectivity index (χ0v) is 13.3. The number of halogens is 1. The van der Waals surface area contributed by atoms with Crippen LogP contribution >= 0.6 is 15.9 Å². The highest BCUT2D eigenvalue weighted by atomic mass is 79.9. The summed E-state index contributed by atoms with van der Waals surface area (Å²) in [7, 11) is 0. The van der Waals surface area contributed by atoms with Crippen molar-refractivity contribution in [1.82, 2.24) is 9.97 Å². The van der Waals surface area contributed by atoms with E-state index in [1.807, 2.05) is 37.3 Å². The minimum absolute atomic E-state index is 0.477. The molecule has 0 aliphatic rings. The van der Waals surface area contributed by atoms with E-state index in [1.54, 1.807) is 0 Å². The van der Waals surface area contributed by atoms with E-state index in [9.17, 15) is 0 Å². The van der Waals surface area contributed by atoms with Crippen molar-refractivity contribution in [2.24, 2.45) is 0 Å². The summed E-state index contributed by atoms with van der Waals surface area (Å²) in [5, 5.41) is 3.24. The van der Waals surface area contributed by atoms with Gasteiger partial charge in [-0.05, 0) is 19.4 Å². The quantitative estimate of drug-likeness (QED) is 0.868. The lowest BCUT2D eigenvalue weighted by Gasteiger charge is -2.10. The van der Waals surface area contributed by atoms with Crippen molar-refractivity contribution in [2.45, 2.75) is 26.9 Å². The minimum Gasteiger partial charge on any atom is -0.473 e. The monoisotopic (exact) mass is 335 g/mol. The molecular formula is C15H18BrN3O. The van der Waals surface area contributed by atoms with Crippen LogP contribution in [0.4, 0.5) is 5.82 Å². The Labute approximate surface area is 127 Å². The van der Waals surface area contributed by atoms with Crippen LogP contribution in [0.2, 0.25) is 0 Å². The Morgan fingerprint density at radius 2 is 2.05 bits per heavy atom. The Hall–Kier alpha value is -1.62. The highest BCUT2D eigenvalue weighted by Crippen LogP contribution is 2.19. The number of anilines is 1. The van der Waals surface area contributed by atoms with Crippen LogP contribution < -0.4 is 10.1 Å². The van der Waals surface area contributed by atoms with Gasteiger partial charge in [-0.2, -0.15) is 4.98 Å². The molecular weight excluding hydrogens is 318 g/mol. The van der Waals surface area contributed by atoms with Gasteiger partial charge >= 0.3 is 0 Å². The largest absolute Gasteiger partial charge is 0.473 e. The highest BCUT2D eigenvalue weighted by molar-refractivity contribution is 9.10. The third-order valence-corrected chi connectivity index (χ3v) is 3.48. The van der Waals surface area contributed by atoms with Gasteiger partial charge in [-0.1, -0.05) is 41.1 Å². The smallest absolute Gasteiger partial charge is 0.219 e. The Morgan fingerprint density at radius 1 is 1.25 bits per heavy atom. The fourth-order valence-corrected chi connectivity index (χ4v) is 2.12. The number of nitrogens with one attached hydrogen (secondary N) is 1. The average Bonchev–Trinajstić information content (AvgIpc) is 2.44. The fraction of sp³-hybridized carbons (Fsp3) is 0.333. The van der Waals surface area contributed by atoms with E-state index in [-0.39, 0.29) is 0 Å². The molecule has 0 amide bonds. The molecule has 0 bridgehead atoms. The van der Waals surface area contributed by atoms with Crippen molar-refractivity contribution in [3.63, 3.8) is 0 Å². The predicted molar refractivity (Wildman–Crippen MR) is 84.0 cm³/mol. The summed E-state index contributed by atoms with van der Waals surface area (Å²) in [6.07, 6.45) is 1.05. The molecule has 1 aromatic heterocycles. The fourth-order valence-electron chi connectivity index (χ4n) is 1.73. The number of rotatable bonds is 6. The van der Waals surface area contributed by atoms with Gasteiger partial charge in [0.05, 0.1) is 0 Å². The van der Waals surface area contributed by atoms with Crippen LogP contribution in [0, 0.1) is 6.92 Å². The summed E-state index contributed by atoms with van der Waals surface area (Å²) in [5.41, 5.74) is 1.09. The SMILES string of the molecule is CCCNc1cc(OCc2ccccc2Br)nc(C)n1. The number of benzene rings is 1.